The van der Waals surface area contributed by atoms with Crippen molar-refractivity contribution < 1.29 is 4.79 Å². The van der Waals surface area contributed by atoms with Gasteiger partial charge in [-0.25, -0.2) is 9.97 Å². The molecule has 2 N–H and O–H groups in total. The van der Waals surface area contributed by atoms with Crippen LogP contribution < -0.4 is 5.73 Å². The molecule has 0 aromatic carbocycles. The summed E-state index contributed by atoms with van der Waals surface area (Å²) >= 11 is 1.36. The predicted molar refractivity (Wildman–Crippen MR) is 74.0 cm³/mol. The topological polar surface area (TPSA) is 72.1 Å². The molecular weight excluding hydrogens is 260 g/mol. The van der Waals surface area contributed by atoms with E-state index in [1.54, 1.807) is 12.4 Å². The van der Waals surface area contributed by atoms with E-state index < -0.39 is 0 Å². The van der Waals surface area contributed by atoms with Crippen molar-refractivity contribution in [3.63, 3.8) is 0 Å². The fraction of sp³-hybridized carbons (Fsp3) is 0.462. The summed E-state index contributed by atoms with van der Waals surface area (Å²) in [6, 6.07) is 0.419. The summed E-state index contributed by atoms with van der Waals surface area (Å²) in [5.41, 5.74) is 7.21. The summed E-state index contributed by atoms with van der Waals surface area (Å²) in [6.07, 6.45) is 6.80. The van der Waals surface area contributed by atoms with Crippen LogP contribution in [0.2, 0.25) is 0 Å². The third-order valence-electron chi connectivity index (χ3n) is 4.23. The molecule has 0 radical (unpaired) electrons. The molecule has 19 heavy (non-hydrogen) atoms. The van der Waals surface area contributed by atoms with Crippen molar-refractivity contribution in [2.45, 2.75) is 25.3 Å². The number of hydrogen-bond donors (Lipinski definition) is 1. The van der Waals surface area contributed by atoms with Gasteiger partial charge in [0.1, 0.15) is 15.2 Å². The molecule has 2 atom stereocenters. The largest absolute Gasteiger partial charge is 0.396 e. The van der Waals surface area contributed by atoms with Gasteiger partial charge in [0, 0.05) is 25.0 Å². The van der Waals surface area contributed by atoms with Gasteiger partial charge in [0.25, 0.3) is 5.91 Å². The van der Waals surface area contributed by atoms with E-state index in [0.717, 1.165) is 24.2 Å². The van der Waals surface area contributed by atoms with Gasteiger partial charge in [-0.2, -0.15) is 0 Å². The second-order valence-corrected chi connectivity index (χ2v) is 6.34. The lowest BCUT2D eigenvalue weighted by Gasteiger charge is -2.26. The lowest BCUT2D eigenvalue weighted by atomic mass is 10.1. The molecule has 3 heterocycles. The number of carbonyl (C=O) groups excluding carboxylic acids is 1. The van der Waals surface area contributed by atoms with Gasteiger partial charge in [0.05, 0.1) is 5.69 Å². The summed E-state index contributed by atoms with van der Waals surface area (Å²) in [6.45, 7) is 0.887. The van der Waals surface area contributed by atoms with Crippen LogP contribution in [0, 0.1) is 5.92 Å². The monoisotopic (exact) mass is 274 g/mol. The molecular formula is C13H14N4OS. The van der Waals surface area contributed by atoms with Crippen LogP contribution in [0.3, 0.4) is 0 Å². The van der Waals surface area contributed by atoms with E-state index in [-0.39, 0.29) is 5.91 Å². The fourth-order valence-electron chi connectivity index (χ4n) is 3.31. The number of nitrogen functional groups attached to an aromatic ring is 1. The molecule has 2 fully saturated rings. The third-order valence-corrected chi connectivity index (χ3v) is 5.32. The van der Waals surface area contributed by atoms with E-state index in [9.17, 15) is 4.79 Å². The normalized spacial score (nSPS) is 25.4. The molecule has 1 amide bonds. The Morgan fingerprint density at radius 2 is 2.21 bits per heavy atom. The molecule has 2 aliphatic rings. The molecule has 1 saturated carbocycles. The summed E-state index contributed by atoms with van der Waals surface area (Å²) in [5, 5.41) is 0. The van der Waals surface area contributed by atoms with Crippen LogP contribution >= 0.6 is 11.3 Å². The molecule has 1 aliphatic carbocycles. The average molecular weight is 274 g/mol. The first-order valence-electron chi connectivity index (χ1n) is 6.54. The van der Waals surface area contributed by atoms with Gasteiger partial charge in [-0.15, -0.1) is 11.3 Å². The molecule has 1 saturated heterocycles. The quantitative estimate of drug-likeness (QED) is 0.862. The number of thiophene rings is 1. The highest BCUT2D eigenvalue weighted by Gasteiger charge is 2.41. The highest BCUT2D eigenvalue weighted by Crippen LogP contribution is 2.40. The number of carbonyl (C=O) groups is 1. The summed E-state index contributed by atoms with van der Waals surface area (Å²) in [5.74, 6) is 0.760. The Morgan fingerprint density at radius 3 is 2.89 bits per heavy atom. The van der Waals surface area contributed by atoms with Crippen molar-refractivity contribution in [2.75, 3.05) is 12.3 Å². The zero-order chi connectivity index (χ0) is 13.0. The Labute approximate surface area is 114 Å². The second-order valence-electron chi connectivity index (χ2n) is 5.35. The maximum absolute atomic E-state index is 12.6. The van der Waals surface area contributed by atoms with Gasteiger partial charge < -0.3 is 10.6 Å². The van der Waals surface area contributed by atoms with Crippen molar-refractivity contribution in [3.8, 4) is 0 Å². The minimum atomic E-state index is 0.0644. The minimum absolute atomic E-state index is 0.0644. The average Bonchev–Trinajstić information content (AvgIpc) is 3.13. The predicted octanol–water partition coefficient (Wildman–Crippen LogP) is 1.90. The Balaban J connectivity index is 1.74. The number of amides is 1. The van der Waals surface area contributed by atoms with Crippen LogP contribution in [-0.2, 0) is 0 Å². The summed E-state index contributed by atoms with van der Waals surface area (Å²) in [4.78, 5) is 24.4. The molecule has 2 bridgehead atoms. The molecule has 1 aliphatic heterocycles. The first-order chi connectivity index (χ1) is 9.24. The molecule has 4 rings (SSSR count). The van der Waals surface area contributed by atoms with Crippen molar-refractivity contribution in [2.24, 2.45) is 5.92 Å². The Morgan fingerprint density at radius 1 is 1.37 bits per heavy atom. The van der Waals surface area contributed by atoms with Crippen LogP contribution in [0.4, 0.5) is 5.69 Å². The van der Waals surface area contributed by atoms with Crippen LogP contribution in [0.15, 0.2) is 12.4 Å². The van der Waals surface area contributed by atoms with Crippen molar-refractivity contribution in [3.05, 3.63) is 17.3 Å². The number of aromatic nitrogens is 2. The van der Waals surface area contributed by atoms with E-state index in [4.69, 9.17) is 5.73 Å². The SMILES string of the molecule is Nc1c(C(=O)N2CC3CCC2C3)sc2nccnc12. The zero-order valence-corrected chi connectivity index (χ0v) is 11.2. The standard InChI is InChI=1S/C13H14N4OS/c14-9-10-12(16-4-3-15-10)19-11(9)13(18)17-6-7-1-2-8(17)5-7/h3-4,7-8H,1-2,5-6,14H2. The Bertz CT molecular complexity index is 668. The molecule has 5 nitrogen and oxygen atoms in total. The first kappa shape index (κ1) is 11.2. The minimum Gasteiger partial charge on any atom is -0.396 e. The number of fused-ring (bicyclic) bond motifs is 3. The Kier molecular flexibility index (Phi) is 2.29. The highest BCUT2D eigenvalue weighted by atomic mass is 32.1. The number of likely N-dealkylation sites (tertiary alicyclic amines) is 1. The van der Waals surface area contributed by atoms with E-state index in [1.807, 2.05) is 4.90 Å². The van der Waals surface area contributed by atoms with Crippen molar-refractivity contribution in [1.82, 2.24) is 14.9 Å². The number of piperidine rings is 1. The second kappa shape index (κ2) is 3.90. The number of nitrogens with zero attached hydrogens (tertiary/aromatic N) is 3. The van der Waals surface area contributed by atoms with Crippen LogP contribution in [0.1, 0.15) is 28.9 Å². The van der Waals surface area contributed by atoms with Gasteiger partial charge in [-0.05, 0) is 25.2 Å². The lowest BCUT2D eigenvalue weighted by Crippen LogP contribution is -2.37. The maximum atomic E-state index is 12.6. The van der Waals surface area contributed by atoms with Gasteiger partial charge in [0.15, 0.2) is 0 Å². The number of anilines is 1. The molecule has 2 aromatic rings. The lowest BCUT2D eigenvalue weighted by molar-refractivity contribution is 0.0709. The van der Waals surface area contributed by atoms with Crippen LogP contribution in [-0.4, -0.2) is 33.4 Å². The first-order valence-corrected chi connectivity index (χ1v) is 7.35. The van der Waals surface area contributed by atoms with Crippen molar-refractivity contribution in [1.29, 1.82) is 0 Å². The highest BCUT2D eigenvalue weighted by molar-refractivity contribution is 7.21. The maximum Gasteiger partial charge on any atom is 0.266 e. The van der Waals surface area contributed by atoms with E-state index in [2.05, 4.69) is 9.97 Å². The van der Waals surface area contributed by atoms with Gasteiger partial charge in [-0.1, -0.05) is 0 Å². The molecule has 6 heteroatoms. The molecule has 2 aromatic heterocycles. The smallest absolute Gasteiger partial charge is 0.266 e. The van der Waals surface area contributed by atoms with E-state index >= 15 is 0 Å². The zero-order valence-electron chi connectivity index (χ0n) is 10.4. The fourth-order valence-corrected chi connectivity index (χ4v) is 4.28. The van der Waals surface area contributed by atoms with Gasteiger partial charge in [0.2, 0.25) is 0 Å². The number of nitrogens with two attached hydrogens (primary N) is 1. The summed E-state index contributed by atoms with van der Waals surface area (Å²) in [7, 11) is 0. The summed E-state index contributed by atoms with van der Waals surface area (Å²) < 4.78 is 0. The number of rotatable bonds is 1. The van der Waals surface area contributed by atoms with Gasteiger partial charge in [-0.3, -0.25) is 4.79 Å². The van der Waals surface area contributed by atoms with Crippen LogP contribution in [0.25, 0.3) is 10.3 Å². The van der Waals surface area contributed by atoms with Crippen LogP contribution in [0.5, 0.6) is 0 Å². The molecule has 98 valence electrons. The van der Waals surface area contributed by atoms with E-state index in [0.29, 0.717) is 28.0 Å². The van der Waals surface area contributed by atoms with E-state index in [1.165, 1.54) is 17.8 Å². The molecule has 0 spiro atoms. The van der Waals surface area contributed by atoms with Gasteiger partial charge >= 0.3 is 0 Å². The number of hydrogen-bond acceptors (Lipinski definition) is 5. The third kappa shape index (κ3) is 1.56. The Hall–Kier alpha value is -1.69. The van der Waals surface area contributed by atoms with Crippen molar-refractivity contribution >= 4 is 33.3 Å². The molecule has 2 unspecified atom stereocenters.